The third kappa shape index (κ3) is 4.14. The van der Waals surface area contributed by atoms with Gasteiger partial charge in [0.1, 0.15) is 5.78 Å². The van der Waals surface area contributed by atoms with E-state index in [2.05, 4.69) is 5.10 Å². The molecule has 1 saturated carbocycles. The van der Waals surface area contributed by atoms with Gasteiger partial charge in [-0.25, -0.2) is 4.68 Å². The van der Waals surface area contributed by atoms with Crippen LogP contribution in [0.4, 0.5) is 5.69 Å². The molecule has 1 atom stereocenters. The van der Waals surface area contributed by atoms with Gasteiger partial charge in [0.15, 0.2) is 0 Å². The first-order valence-electron chi connectivity index (χ1n) is 7.42. The summed E-state index contributed by atoms with van der Waals surface area (Å²) in [6.07, 6.45) is 5.02. The molecule has 0 bridgehead atoms. The number of nitrogens with zero attached hydrogens (tertiary/aromatic N) is 3. The Labute approximate surface area is 124 Å². The molecule has 2 rings (SSSR count). The molecule has 1 heterocycles. The van der Waals surface area contributed by atoms with Crippen LogP contribution in [0.2, 0.25) is 0 Å². The minimum absolute atomic E-state index is 0.114. The molecular formula is C15H23N3O3. The monoisotopic (exact) mass is 293 g/mol. The predicted octanol–water partition coefficient (Wildman–Crippen LogP) is 1.09. The van der Waals surface area contributed by atoms with E-state index >= 15 is 0 Å². The van der Waals surface area contributed by atoms with Crippen molar-refractivity contribution in [2.24, 2.45) is 5.92 Å². The third-order valence-electron chi connectivity index (χ3n) is 4.05. The van der Waals surface area contributed by atoms with Crippen molar-refractivity contribution in [2.45, 2.75) is 32.2 Å². The van der Waals surface area contributed by atoms with Gasteiger partial charge in [0.2, 0.25) is 0 Å². The van der Waals surface area contributed by atoms with E-state index in [9.17, 15) is 9.59 Å². The van der Waals surface area contributed by atoms with E-state index in [0.717, 1.165) is 18.5 Å². The molecule has 116 valence electrons. The van der Waals surface area contributed by atoms with E-state index < -0.39 is 0 Å². The van der Waals surface area contributed by atoms with Crippen LogP contribution in [-0.4, -0.2) is 42.9 Å². The van der Waals surface area contributed by atoms with Crippen LogP contribution < -0.4 is 10.5 Å². The molecule has 1 unspecified atom stereocenters. The van der Waals surface area contributed by atoms with Crippen LogP contribution in [0, 0.1) is 5.92 Å². The number of hydrogen-bond acceptors (Lipinski definition) is 5. The quantitative estimate of drug-likeness (QED) is 0.753. The second-order valence-corrected chi connectivity index (χ2v) is 5.53. The number of methoxy groups -OCH3 is 1. The third-order valence-corrected chi connectivity index (χ3v) is 4.05. The normalized spacial score (nSPS) is 18.2. The summed E-state index contributed by atoms with van der Waals surface area (Å²) in [7, 11) is 3.55. The summed E-state index contributed by atoms with van der Waals surface area (Å²) >= 11 is 0. The van der Waals surface area contributed by atoms with Crippen molar-refractivity contribution in [1.29, 1.82) is 0 Å². The lowest BCUT2D eigenvalue weighted by molar-refractivity contribution is -0.120. The standard InChI is InChI=1S/C15H23N3O3/c1-17(8-9-21-2)13-10-15(20)18(16-11-13)7-6-12-4-3-5-14(12)19/h10-12H,3-9H2,1-2H3. The number of aryl methyl sites for hydroxylation is 1. The Morgan fingerprint density at radius 3 is 2.90 bits per heavy atom. The van der Waals surface area contributed by atoms with Gasteiger partial charge in [-0.1, -0.05) is 0 Å². The molecule has 1 aromatic heterocycles. The van der Waals surface area contributed by atoms with Crippen molar-refractivity contribution in [3.05, 3.63) is 22.6 Å². The highest BCUT2D eigenvalue weighted by Gasteiger charge is 2.24. The minimum atomic E-state index is -0.123. The Morgan fingerprint density at radius 2 is 2.29 bits per heavy atom. The molecule has 1 aliphatic carbocycles. The number of ketones is 1. The zero-order chi connectivity index (χ0) is 15.2. The van der Waals surface area contributed by atoms with E-state index in [4.69, 9.17) is 4.74 Å². The van der Waals surface area contributed by atoms with Gasteiger partial charge in [-0.05, 0) is 19.3 Å². The van der Waals surface area contributed by atoms with Crippen molar-refractivity contribution in [3.8, 4) is 0 Å². The van der Waals surface area contributed by atoms with Gasteiger partial charge < -0.3 is 9.64 Å². The van der Waals surface area contributed by atoms with Gasteiger partial charge in [0.05, 0.1) is 18.5 Å². The number of anilines is 1. The highest BCUT2D eigenvalue weighted by molar-refractivity contribution is 5.82. The van der Waals surface area contributed by atoms with Crippen molar-refractivity contribution < 1.29 is 9.53 Å². The smallest absolute Gasteiger partial charge is 0.268 e. The van der Waals surface area contributed by atoms with E-state index in [1.54, 1.807) is 19.4 Å². The van der Waals surface area contributed by atoms with Gasteiger partial charge in [-0.15, -0.1) is 0 Å². The fraction of sp³-hybridized carbons (Fsp3) is 0.667. The highest BCUT2D eigenvalue weighted by Crippen LogP contribution is 2.24. The molecule has 21 heavy (non-hydrogen) atoms. The summed E-state index contributed by atoms with van der Waals surface area (Å²) in [6, 6.07) is 1.58. The first kappa shape index (κ1) is 15.7. The lowest BCUT2D eigenvalue weighted by Gasteiger charge is -2.18. The van der Waals surface area contributed by atoms with Crippen molar-refractivity contribution in [3.63, 3.8) is 0 Å². The van der Waals surface area contributed by atoms with E-state index in [0.29, 0.717) is 38.3 Å². The summed E-state index contributed by atoms with van der Waals surface area (Å²) in [6.45, 7) is 1.82. The van der Waals surface area contributed by atoms with E-state index in [1.165, 1.54) is 4.68 Å². The lowest BCUT2D eigenvalue weighted by atomic mass is 10.0. The Bertz CT molecular complexity index is 541. The first-order chi connectivity index (χ1) is 10.1. The van der Waals surface area contributed by atoms with Crippen molar-refractivity contribution in [1.82, 2.24) is 9.78 Å². The molecule has 6 nitrogen and oxygen atoms in total. The predicted molar refractivity (Wildman–Crippen MR) is 80.6 cm³/mol. The number of hydrogen-bond donors (Lipinski definition) is 0. The van der Waals surface area contributed by atoms with Crippen LogP contribution >= 0.6 is 0 Å². The SMILES string of the molecule is COCCN(C)c1cnn(CCC2CCCC2=O)c(=O)c1. The molecule has 0 aliphatic heterocycles. The van der Waals surface area contributed by atoms with Gasteiger partial charge in [0, 0.05) is 45.7 Å². The van der Waals surface area contributed by atoms with Crippen LogP contribution in [0.25, 0.3) is 0 Å². The van der Waals surface area contributed by atoms with Gasteiger partial charge >= 0.3 is 0 Å². The molecular weight excluding hydrogens is 270 g/mol. The molecule has 0 saturated heterocycles. The maximum Gasteiger partial charge on any atom is 0.268 e. The number of ether oxygens (including phenoxy) is 1. The highest BCUT2D eigenvalue weighted by atomic mass is 16.5. The van der Waals surface area contributed by atoms with Gasteiger partial charge in [-0.3, -0.25) is 9.59 Å². The average molecular weight is 293 g/mol. The second kappa shape index (κ2) is 7.36. The zero-order valence-corrected chi connectivity index (χ0v) is 12.7. The summed E-state index contributed by atoms with van der Waals surface area (Å²) < 4.78 is 6.46. The summed E-state index contributed by atoms with van der Waals surface area (Å²) in [5.41, 5.74) is 0.660. The molecule has 1 fully saturated rings. The van der Waals surface area contributed by atoms with Crippen molar-refractivity contribution >= 4 is 11.5 Å². The topological polar surface area (TPSA) is 64.4 Å². The zero-order valence-electron chi connectivity index (χ0n) is 12.7. The van der Waals surface area contributed by atoms with E-state index in [1.807, 2.05) is 11.9 Å². The van der Waals surface area contributed by atoms with E-state index in [-0.39, 0.29) is 11.5 Å². The maximum absolute atomic E-state index is 12.1. The lowest BCUT2D eigenvalue weighted by Crippen LogP contribution is -2.28. The summed E-state index contributed by atoms with van der Waals surface area (Å²) in [5, 5.41) is 4.20. The second-order valence-electron chi connectivity index (χ2n) is 5.53. The number of aromatic nitrogens is 2. The van der Waals surface area contributed by atoms with Crippen LogP contribution in [0.1, 0.15) is 25.7 Å². The summed E-state index contributed by atoms with van der Waals surface area (Å²) in [5.74, 6) is 0.446. The minimum Gasteiger partial charge on any atom is -0.383 e. The fourth-order valence-corrected chi connectivity index (χ4v) is 2.63. The number of rotatable bonds is 7. The van der Waals surface area contributed by atoms with Gasteiger partial charge in [-0.2, -0.15) is 5.10 Å². The Morgan fingerprint density at radius 1 is 1.48 bits per heavy atom. The number of Topliss-reactive ketones (excluding diaryl/α,β-unsaturated/α-hetero) is 1. The average Bonchev–Trinajstić information content (AvgIpc) is 2.88. The summed E-state index contributed by atoms with van der Waals surface area (Å²) in [4.78, 5) is 25.6. The molecule has 1 aromatic rings. The fourth-order valence-electron chi connectivity index (χ4n) is 2.63. The molecule has 0 N–H and O–H groups in total. The number of carbonyl (C=O) groups is 1. The van der Waals surface area contributed by atoms with Crippen LogP contribution in [0.3, 0.4) is 0 Å². The van der Waals surface area contributed by atoms with Gasteiger partial charge in [0.25, 0.3) is 5.56 Å². The molecule has 1 aliphatic rings. The van der Waals surface area contributed by atoms with Crippen LogP contribution in [0.5, 0.6) is 0 Å². The maximum atomic E-state index is 12.1. The van der Waals surface area contributed by atoms with Crippen LogP contribution in [0.15, 0.2) is 17.1 Å². The molecule has 0 radical (unpaired) electrons. The Hall–Kier alpha value is -1.69. The largest absolute Gasteiger partial charge is 0.383 e. The molecule has 0 amide bonds. The van der Waals surface area contributed by atoms with Crippen molar-refractivity contribution in [2.75, 3.05) is 32.2 Å². The Balaban J connectivity index is 1.95. The molecule has 0 aromatic carbocycles. The Kier molecular flexibility index (Phi) is 5.50. The number of carbonyl (C=O) groups excluding carboxylic acids is 1. The van der Waals surface area contributed by atoms with Crippen LogP contribution in [-0.2, 0) is 16.1 Å². The first-order valence-corrected chi connectivity index (χ1v) is 7.42. The molecule has 0 spiro atoms. The number of likely N-dealkylation sites (N-methyl/N-ethyl adjacent to an activating group) is 1. The molecule has 6 heteroatoms.